The highest BCUT2D eigenvalue weighted by Crippen LogP contribution is 2.39. The van der Waals surface area contributed by atoms with Crippen molar-refractivity contribution in [3.63, 3.8) is 0 Å². The molecule has 0 saturated heterocycles. The second kappa shape index (κ2) is 10.5. The van der Waals surface area contributed by atoms with Crippen LogP contribution in [0.25, 0.3) is 58.8 Å². The number of para-hydroxylation sites is 3. The monoisotopic (exact) mass is 592 g/mol. The summed E-state index contributed by atoms with van der Waals surface area (Å²) in [5, 5.41) is 5.21. The van der Waals surface area contributed by atoms with E-state index in [-0.39, 0.29) is 0 Å². The van der Waals surface area contributed by atoms with E-state index in [1.54, 1.807) is 0 Å². The second-order valence-electron chi connectivity index (χ2n) is 11.4. The van der Waals surface area contributed by atoms with Crippen LogP contribution in [-0.2, 0) is 0 Å². The molecular weight excluding hydrogens is 565 g/mol. The fourth-order valence-corrected chi connectivity index (χ4v) is 7.83. The lowest BCUT2D eigenvalue weighted by atomic mass is 10.0. The number of hydrogen-bond acceptors (Lipinski definition) is 2. The third-order valence-electron chi connectivity index (χ3n) is 8.80. The Hall–Kier alpha value is -5.64. The Bertz CT molecular complexity index is 2420. The molecule has 0 radical (unpaired) electrons. The quantitative estimate of drug-likeness (QED) is 0.193. The van der Waals surface area contributed by atoms with Crippen LogP contribution in [0.2, 0.25) is 0 Å². The molecule has 0 fully saturated rings. The molecule has 0 aliphatic rings. The van der Waals surface area contributed by atoms with Crippen molar-refractivity contribution in [3.8, 4) is 16.8 Å². The summed E-state index contributed by atoms with van der Waals surface area (Å²) in [4.78, 5) is 2.33. The zero-order valence-corrected chi connectivity index (χ0v) is 25.3. The molecule has 2 heterocycles. The second-order valence-corrected chi connectivity index (χ2v) is 12.5. The fourth-order valence-electron chi connectivity index (χ4n) is 6.68. The lowest BCUT2D eigenvalue weighted by Gasteiger charge is -2.26. The molecule has 2 nitrogen and oxygen atoms in total. The average Bonchev–Trinajstić information content (AvgIpc) is 3.65. The molecule has 0 atom stereocenters. The van der Waals surface area contributed by atoms with E-state index in [1.807, 2.05) is 11.3 Å². The number of fused-ring (bicyclic) bond motifs is 6. The van der Waals surface area contributed by atoms with Crippen LogP contribution in [0.3, 0.4) is 0 Å². The summed E-state index contributed by atoms with van der Waals surface area (Å²) in [5.41, 5.74) is 9.40. The van der Waals surface area contributed by atoms with E-state index < -0.39 is 0 Å². The molecular formula is C42H28N2S. The van der Waals surface area contributed by atoms with Gasteiger partial charge in [0.1, 0.15) is 0 Å². The van der Waals surface area contributed by atoms with Crippen LogP contribution in [0, 0.1) is 0 Å². The Balaban J connectivity index is 1.10. The number of anilines is 3. The van der Waals surface area contributed by atoms with E-state index >= 15 is 0 Å². The van der Waals surface area contributed by atoms with E-state index in [1.165, 1.54) is 53.1 Å². The van der Waals surface area contributed by atoms with Gasteiger partial charge in [0.2, 0.25) is 0 Å². The largest absolute Gasteiger partial charge is 0.311 e. The molecule has 9 rings (SSSR count). The predicted molar refractivity (Wildman–Crippen MR) is 194 cm³/mol. The maximum absolute atomic E-state index is 2.36. The summed E-state index contributed by atoms with van der Waals surface area (Å²) in [6.07, 6.45) is 0. The summed E-state index contributed by atoms with van der Waals surface area (Å²) in [6, 6.07) is 61.3. The van der Waals surface area contributed by atoms with Crippen LogP contribution in [-0.4, -0.2) is 4.57 Å². The summed E-state index contributed by atoms with van der Waals surface area (Å²) in [5.74, 6) is 0. The van der Waals surface area contributed by atoms with Crippen molar-refractivity contribution < 1.29 is 0 Å². The molecule has 0 aliphatic heterocycles. The number of rotatable bonds is 5. The van der Waals surface area contributed by atoms with Crippen molar-refractivity contribution in [2.24, 2.45) is 0 Å². The standard InChI is InChI=1S/C42H28N2S/c1-2-10-31(11-3-1)43(32-21-18-29(19-22-32)30-20-27-38-37-14-6-9-17-41(37)45-42(38)28-30)33-23-25-34(26-24-33)44-39-15-7-4-12-35(39)36-13-5-8-16-40(36)44/h1-28H. The van der Waals surface area contributed by atoms with Crippen LogP contribution in [0.5, 0.6) is 0 Å². The molecule has 0 spiro atoms. The fraction of sp³-hybridized carbons (Fsp3) is 0. The molecule has 0 bridgehead atoms. The molecule has 0 N–H and O–H groups in total. The molecule has 0 aliphatic carbocycles. The van der Waals surface area contributed by atoms with E-state index in [0.29, 0.717) is 0 Å². The molecule has 0 saturated carbocycles. The molecule has 9 aromatic rings. The summed E-state index contributed by atoms with van der Waals surface area (Å²) in [7, 11) is 0. The first-order valence-electron chi connectivity index (χ1n) is 15.3. The highest BCUT2D eigenvalue weighted by atomic mass is 32.1. The molecule has 0 amide bonds. The van der Waals surface area contributed by atoms with Crippen molar-refractivity contribution in [1.82, 2.24) is 4.57 Å². The zero-order chi connectivity index (χ0) is 29.7. The molecule has 2 aromatic heterocycles. The van der Waals surface area contributed by atoms with Crippen molar-refractivity contribution >= 4 is 70.4 Å². The van der Waals surface area contributed by atoms with Crippen LogP contribution >= 0.6 is 11.3 Å². The number of hydrogen-bond donors (Lipinski definition) is 0. The van der Waals surface area contributed by atoms with Gasteiger partial charge in [-0.25, -0.2) is 0 Å². The van der Waals surface area contributed by atoms with Gasteiger partial charge < -0.3 is 9.47 Å². The third kappa shape index (κ3) is 4.32. The van der Waals surface area contributed by atoms with Crippen molar-refractivity contribution in [2.45, 2.75) is 0 Å². The maximum Gasteiger partial charge on any atom is 0.0541 e. The van der Waals surface area contributed by atoms with Gasteiger partial charge in [0, 0.05) is 53.7 Å². The van der Waals surface area contributed by atoms with Crippen molar-refractivity contribution in [2.75, 3.05) is 4.90 Å². The summed E-state index contributed by atoms with van der Waals surface area (Å²) in [6.45, 7) is 0. The van der Waals surface area contributed by atoms with E-state index in [9.17, 15) is 0 Å². The SMILES string of the molecule is c1ccc(N(c2ccc(-c3ccc4c(c3)sc3ccccc34)cc2)c2ccc(-n3c4ccccc4c4ccccc43)cc2)cc1. The molecule has 0 unspecified atom stereocenters. The lowest BCUT2D eigenvalue weighted by molar-refractivity contribution is 1.17. The lowest BCUT2D eigenvalue weighted by Crippen LogP contribution is -2.10. The van der Waals surface area contributed by atoms with Gasteiger partial charge in [-0.1, -0.05) is 97.1 Å². The minimum atomic E-state index is 1.12. The first kappa shape index (κ1) is 25.8. The number of nitrogens with zero attached hydrogens (tertiary/aromatic N) is 2. The Morgan fingerprint density at radius 2 is 0.889 bits per heavy atom. The van der Waals surface area contributed by atoms with Crippen LogP contribution in [0.1, 0.15) is 0 Å². The summed E-state index contributed by atoms with van der Waals surface area (Å²) < 4.78 is 5.03. The minimum Gasteiger partial charge on any atom is -0.311 e. The maximum atomic E-state index is 2.36. The van der Waals surface area contributed by atoms with Crippen molar-refractivity contribution in [3.05, 3.63) is 170 Å². The number of aromatic nitrogens is 1. The first-order chi connectivity index (χ1) is 22.3. The Kier molecular flexibility index (Phi) is 6.03. The normalized spacial score (nSPS) is 11.6. The van der Waals surface area contributed by atoms with Crippen LogP contribution in [0.15, 0.2) is 170 Å². The Labute approximate surface area is 265 Å². The highest BCUT2D eigenvalue weighted by Gasteiger charge is 2.15. The predicted octanol–water partition coefficient (Wildman–Crippen LogP) is 12.3. The van der Waals surface area contributed by atoms with Gasteiger partial charge in [-0.2, -0.15) is 0 Å². The van der Waals surface area contributed by atoms with E-state index in [0.717, 1.165) is 22.7 Å². The van der Waals surface area contributed by atoms with Gasteiger partial charge in [0.15, 0.2) is 0 Å². The van der Waals surface area contributed by atoms with Crippen LogP contribution < -0.4 is 4.90 Å². The highest BCUT2D eigenvalue weighted by molar-refractivity contribution is 7.25. The van der Waals surface area contributed by atoms with E-state index in [4.69, 9.17) is 0 Å². The third-order valence-corrected chi connectivity index (χ3v) is 9.93. The van der Waals surface area contributed by atoms with Gasteiger partial charge in [-0.15, -0.1) is 11.3 Å². The Morgan fingerprint density at radius 1 is 0.378 bits per heavy atom. The van der Waals surface area contributed by atoms with Crippen LogP contribution in [0.4, 0.5) is 17.1 Å². The van der Waals surface area contributed by atoms with Gasteiger partial charge in [-0.05, 0) is 83.9 Å². The van der Waals surface area contributed by atoms with Gasteiger partial charge in [-0.3, -0.25) is 0 Å². The minimum absolute atomic E-state index is 1.12. The smallest absolute Gasteiger partial charge is 0.0541 e. The zero-order valence-electron chi connectivity index (χ0n) is 24.5. The Morgan fingerprint density at radius 3 is 1.58 bits per heavy atom. The summed E-state index contributed by atoms with van der Waals surface area (Å²) >= 11 is 1.86. The van der Waals surface area contributed by atoms with Gasteiger partial charge in [0.05, 0.1) is 11.0 Å². The molecule has 212 valence electrons. The van der Waals surface area contributed by atoms with Gasteiger partial charge in [0.25, 0.3) is 0 Å². The van der Waals surface area contributed by atoms with Gasteiger partial charge >= 0.3 is 0 Å². The topological polar surface area (TPSA) is 8.17 Å². The first-order valence-corrected chi connectivity index (χ1v) is 16.1. The van der Waals surface area contributed by atoms with Crippen molar-refractivity contribution in [1.29, 1.82) is 0 Å². The molecule has 7 aromatic carbocycles. The van der Waals surface area contributed by atoms with E-state index in [2.05, 4.69) is 179 Å². The average molecular weight is 593 g/mol. The number of thiophene rings is 1. The number of benzene rings is 7. The molecule has 3 heteroatoms. The molecule has 45 heavy (non-hydrogen) atoms.